The molecule has 0 amide bonds. The number of phenolic OH excluding ortho intramolecular Hbond substituents is 1. The molecular formula is C13H17NO3. The van der Waals surface area contributed by atoms with E-state index in [0.717, 1.165) is 30.8 Å². The summed E-state index contributed by atoms with van der Waals surface area (Å²) >= 11 is 0. The van der Waals surface area contributed by atoms with E-state index in [0.29, 0.717) is 11.7 Å². The first-order chi connectivity index (χ1) is 8.33. The average molecular weight is 235 g/mol. The van der Waals surface area contributed by atoms with E-state index in [1.54, 1.807) is 12.1 Å². The van der Waals surface area contributed by atoms with Crippen LogP contribution in [0.3, 0.4) is 0 Å². The van der Waals surface area contributed by atoms with E-state index in [1.807, 2.05) is 0 Å². The lowest BCUT2D eigenvalue weighted by Crippen LogP contribution is -2.28. The van der Waals surface area contributed by atoms with E-state index in [-0.39, 0.29) is 12.5 Å². The van der Waals surface area contributed by atoms with E-state index in [1.165, 1.54) is 12.8 Å². The Morgan fingerprint density at radius 1 is 1.24 bits per heavy atom. The Morgan fingerprint density at radius 3 is 2.88 bits per heavy atom. The number of fused-ring (bicyclic) bond motifs is 1. The van der Waals surface area contributed by atoms with Crippen LogP contribution in [0.25, 0.3) is 0 Å². The van der Waals surface area contributed by atoms with Crippen molar-refractivity contribution >= 4 is 0 Å². The second-order valence-electron chi connectivity index (χ2n) is 4.74. The monoisotopic (exact) mass is 235 g/mol. The Kier molecular flexibility index (Phi) is 2.81. The fourth-order valence-corrected chi connectivity index (χ4v) is 2.62. The molecule has 4 nitrogen and oxygen atoms in total. The lowest BCUT2D eigenvalue weighted by Gasteiger charge is -2.23. The lowest BCUT2D eigenvalue weighted by molar-refractivity contribution is 0.173. The minimum absolute atomic E-state index is 0.262. The average Bonchev–Trinajstić information content (AvgIpc) is 2.78. The summed E-state index contributed by atoms with van der Waals surface area (Å²) in [5.74, 6) is 2.43. The van der Waals surface area contributed by atoms with Crippen molar-refractivity contribution < 1.29 is 14.6 Å². The van der Waals surface area contributed by atoms with Crippen LogP contribution in [0.4, 0.5) is 0 Å². The van der Waals surface area contributed by atoms with Gasteiger partial charge in [-0.25, -0.2) is 0 Å². The number of ether oxygens (including phenoxy) is 2. The van der Waals surface area contributed by atoms with E-state index in [2.05, 4.69) is 5.32 Å². The van der Waals surface area contributed by atoms with Gasteiger partial charge in [0, 0.05) is 11.6 Å². The van der Waals surface area contributed by atoms with Crippen molar-refractivity contribution in [3.8, 4) is 17.2 Å². The number of benzene rings is 1. The maximum Gasteiger partial charge on any atom is 0.231 e. The van der Waals surface area contributed by atoms with E-state index in [4.69, 9.17) is 9.47 Å². The minimum Gasteiger partial charge on any atom is -0.508 e. The Hall–Kier alpha value is -1.42. The zero-order valence-electron chi connectivity index (χ0n) is 9.74. The minimum atomic E-state index is 0.262. The zero-order chi connectivity index (χ0) is 11.7. The molecule has 2 heterocycles. The van der Waals surface area contributed by atoms with Crippen molar-refractivity contribution in [2.45, 2.75) is 19.3 Å². The summed E-state index contributed by atoms with van der Waals surface area (Å²) < 4.78 is 10.8. The number of nitrogens with one attached hydrogen (secondary N) is 1. The molecule has 2 aliphatic rings. The number of phenols is 1. The molecule has 92 valence electrons. The fraction of sp³-hybridized carbons (Fsp3) is 0.538. The van der Waals surface area contributed by atoms with Crippen LogP contribution in [-0.2, 0) is 6.42 Å². The van der Waals surface area contributed by atoms with Crippen molar-refractivity contribution in [1.82, 2.24) is 5.32 Å². The molecule has 0 bridgehead atoms. The summed E-state index contributed by atoms with van der Waals surface area (Å²) in [4.78, 5) is 0. The molecule has 0 spiro atoms. The van der Waals surface area contributed by atoms with Crippen molar-refractivity contribution in [1.29, 1.82) is 0 Å². The Labute approximate surface area is 101 Å². The Balaban J connectivity index is 1.82. The number of hydrogen-bond donors (Lipinski definition) is 2. The van der Waals surface area contributed by atoms with Gasteiger partial charge in [0.1, 0.15) is 5.75 Å². The van der Waals surface area contributed by atoms with Crippen molar-refractivity contribution in [3.05, 3.63) is 17.7 Å². The lowest BCUT2D eigenvalue weighted by atomic mass is 9.90. The molecule has 0 aromatic heterocycles. The van der Waals surface area contributed by atoms with E-state index >= 15 is 0 Å². The van der Waals surface area contributed by atoms with Gasteiger partial charge in [-0.3, -0.25) is 0 Å². The van der Waals surface area contributed by atoms with Gasteiger partial charge < -0.3 is 19.9 Å². The molecular weight excluding hydrogens is 218 g/mol. The first-order valence-corrected chi connectivity index (χ1v) is 6.15. The van der Waals surface area contributed by atoms with Gasteiger partial charge in [-0.05, 0) is 44.3 Å². The van der Waals surface area contributed by atoms with Crippen LogP contribution in [0.1, 0.15) is 18.4 Å². The number of hydrogen-bond acceptors (Lipinski definition) is 4. The van der Waals surface area contributed by atoms with Crippen LogP contribution in [0.5, 0.6) is 17.2 Å². The summed E-state index contributed by atoms with van der Waals surface area (Å²) in [6.07, 6.45) is 3.33. The third-order valence-electron chi connectivity index (χ3n) is 3.50. The quantitative estimate of drug-likeness (QED) is 0.818. The molecule has 2 N–H and O–H groups in total. The van der Waals surface area contributed by atoms with Crippen LogP contribution < -0.4 is 14.8 Å². The summed E-state index contributed by atoms with van der Waals surface area (Å²) in [5.41, 5.74) is 1.07. The number of rotatable bonds is 2. The highest BCUT2D eigenvalue weighted by atomic mass is 16.7. The molecule has 0 saturated carbocycles. The summed E-state index contributed by atoms with van der Waals surface area (Å²) in [6.45, 7) is 2.43. The second-order valence-corrected chi connectivity index (χ2v) is 4.74. The summed E-state index contributed by atoms with van der Waals surface area (Å²) in [5, 5.41) is 13.0. The molecule has 0 radical (unpaired) electrons. The van der Waals surface area contributed by atoms with Gasteiger partial charge in [-0.2, -0.15) is 0 Å². The fourth-order valence-electron chi connectivity index (χ4n) is 2.62. The third-order valence-corrected chi connectivity index (χ3v) is 3.50. The normalized spacial score (nSPS) is 19.5. The maximum absolute atomic E-state index is 9.66. The van der Waals surface area contributed by atoms with Crippen molar-refractivity contribution in [2.24, 2.45) is 5.92 Å². The topological polar surface area (TPSA) is 50.7 Å². The van der Waals surface area contributed by atoms with Crippen LogP contribution >= 0.6 is 0 Å². The third kappa shape index (κ3) is 2.17. The summed E-state index contributed by atoms with van der Waals surface area (Å²) in [6, 6.07) is 3.42. The van der Waals surface area contributed by atoms with Gasteiger partial charge in [-0.1, -0.05) is 0 Å². The largest absolute Gasteiger partial charge is 0.508 e. The maximum atomic E-state index is 9.66. The van der Waals surface area contributed by atoms with Crippen molar-refractivity contribution in [2.75, 3.05) is 19.9 Å². The van der Waals surface area contributed by atoms with Gasteiger partial charge in [0.15, 0.2) is 11.5 Å². The van der Waals surface area contributed by atoms with Gasteiger partial charge in [-0.15, -0.1) is 0 Å². The smallest absolute Gasteiger partial charge is 0.231 e. The predicted molar refractivity (Wildman–Crippen MR) is 63.5 cm³/mol. The van der Waals surface area contributed by atoms with Crippen molar-refractivity contribution in [3.63, 3.8) is 0 Å². The second kappa shape index (κ2) is 4.45. The molecule has 17 heavy (non-hydrogen) atoms. The van der Waals surface area contributed by atoms with Crippen LogP contribution in [0.15, 0.2) is 12.1 Å². The van der Waals surface area contributed by atoms with E-state index < -0.39 is 0 Å². The van der Waals surface area contributed by atoms with Gasteiger partial charge >= 0.3 is 0 Å². The molecule has 3 rings (SSSR count). The molecule has 2 aliphatic heterocycles. The van der Waals surface area contributed by atoms with Gasteiger partial charge in [0.25, 0.3) is 0 Å². The highest BCUT2D eigenvalue weighted by Crippen LogP contribution is 2.40. The molecule has 1 fully saturated rings. The Morgan fingerprint density at radius 2 is 2.06 bits per heavy atom. The van der Waals surface area contributed by atoms with Crippen LogP contribution in [0, 0.1) is 5.92 Å². The highest BCUT2D eigenvalue weighted by Gasteiger charge is 2.22. The highest BCUT2D eigenvalue weighted by molar-refractivity contribution is 5.52. The molecule has 1 aromatic rings. The molecule has 0 unspecified atom stereocenters. The SMILES string of the molecule is Oc1cc(CC2CCNCC2)c2c(c1)OCO2. The number of aromatic hydroxyl groups is 1. The molecule has 0 atom stereocenters. The van der Waals surface area contributed by atoms with Gasteiger partial charge in [0.2, 0.25) is 6.79 Å². The zero-order valence-corrected chi connectivity index (χ0v) is 9.74. The van der Waals surface area contributed by atoms with Crippen LogP contribution in [0.2, 0.25) is 0 Å². The van der Waals surface area contributed by atoms with Gasteiger partial charge in [0.05, 0.1) is 0 Å². The standard InChI is InChI=1S/C13H17NO3/c15-11-6-10(5-9-1-3-14-4-2-9)13-12(7-11)16-8-17-13/h6-7,9,14-15H,1-5,8H2. The summed E-state index contributed by atoms with van der Waals surface area (Å²) in [7, 11) is 0. The molecule has 1 saturated heterocycles. The molecule has 4 heteroatoms. The van der Waals surface area contributed by atoms with E-state index in [9.17, 15) is 5.11 Å². The Bertz CT molecular complexity index is 413. The predicted octanol–water partition coefficient (Wildman–Crippen LogP) is 1.66. The molecule has 0 aliphatic carbocycles. The van der Waals surface area contributed by atoms with Crippen LogP contribution in [-0.4, -0.2) is 25.0 Å². The molecule has 1 aromatic carbocycles. The number of piperidine rings is 1. The first kappa shape index (κ1) is 10.7. The first-order valence-electron chi connectivity index (χ1n) is 6.15.